The summed E-state index contributed by atoms with van der Waals surface area (Å²) in [6.45, 7) is 8.43. The van der Waals surface area contributed by atoms with Crippen LogP contribution in [-0.4, -0.2) is 57.4 Å². The van der Waals surface area contributed by atoms with E-state index in [4.69, 9.17) is 9.47 Å². The Bertz CT molecular complexity index is 543. The lowest BCUT2D eigenvalue weighted by Crippen LogP contribution is -2.51. The van der Waals surface area contributed by atoms with Crippen molar-refractivity contribution in [2.75, 3.05) is 46.5 Å². The summed E-state index contributed by atoms with van der Waals surface area (Å²) in [6, 6.07) is 10.4. The van der Waals surface area contributed by atoms with E-state index in [0.717, 1.165) is 51.8 Å². The average Bonchev–Trinajstić information content (AvgIpc) is 3.03. The van der Waals surface area contributed by atoms with Crippen LogP contribution >= 0.6 is 0 Å². The molecule has 5 heteroatoms. The van der Waals surface area contributed by atoms with Crippen LogP contribution in [0, 0.1) is 11.3 Å². The first-order valence-corrected chi connectivity index (χ1v) is 8.83. The van der Waals surface area contributed by atoms with Gasteiger partial charge in [-0.15, -0.1) is 0 Å². The Labute approximate surface area is 145 Å². The lowest BCUT2D eigenvalue weighted by molar-refractivity contribution is -0.0972. The van der Waals surface area contributed by atoms with Crippen LogP contribution in [0.1, 0.15) is 18.9 Å². The molecule has 2 aliphatic heterocycles. The van der Waals surface area contributed by atoms with Crippen molar-refractivity contribution in [1.29, 1.82) is 0 Å². The zero-order valence-corrected chi connectivity index (χ0v) is 14.8. The van der Waals surface area contributed by atoms with Crippen molar-refractivity contribution >= 4 is 5.96 Å². The maximum atomic E-state index is 5.90. The standard InChI is InChI=1S/C19H29N3O2/c1-19(14-24-15-19)13-21-18(20-2)22-9-8-17(10-22)12-23-11-16-6-4-3-5-7-16/h3-7,17H,8-15H2,1-2H3,(H,20,21). The smallest absolute Gasteiger partial charge is 0.193 e. The number of nitrogens with one attached hydrogen (secondary N) is 1. The van der Waals surface area contributed by atoms with Crippen LogP contribution in [0.3, 0.4) is 0 Å². The quantitative estimate of drug-likeness (QED) is 0.641. The molecule has 0 aliphatic carbocycles. The lowest BCUT2D eigenvalue weighted by atomic mass is 9.89. The highest BCUT2D eigenvalue weighted by molar-refractivity contribution is 5.80. The van der Waals surface area contributed by atoms with Gasteiger partial charge >= 0.3 is 0 Å². The van der Waals surface area contributed by atoms with Gasteiger partial charge in [0.15, 0.2) is 5.96 Å². The van der Waals surface area contributed by atoms with Crippen LogP contribution in [0.2, 0.25) is 0 Å². The maximum absolute atomic E-state index is 5.90. The van der Waals surface area contributed by atoms with Crippen LogP contribution in [0.4, 0.5) is 0 Å². The van der Waals surface area contributed by atoms with Gasteiger partial charge in [-0.3, -0.25) is 4.99 Å². The highest BCUT2D eigenvalue weighted by Gasteiger charge is 2.34. The van der Waals surface area contributed by atoms with E-state index < -0.39 is 0 Å². The molecule has 2 heterocycles. The summed E-state index contributed by atoms with van der Waals surface area (Å²) in [7, 11) is 1.86. The van der Waals surface area contributed by atoms with Crippen LogP contribution in [0.5, 0.6) is 0 Å². The number of ether oxygens (including phenoxy) is 2. The number of benzene rings is 1. The summed E-state index contributed by atoms with van der Waals surface area (Å²) < 4.78 is 11.2. The van der Waals surface area contributed by atoms with Crippen molar-refractivity contribution < 1.29 is 9.47 Å². The Hall–Kier alpha value is -1.59. The Morgan fingerprint density at radius 3 is 2.83 bits per heavy atom. The molecule has 1 aromatic carbocycles. The van der Waals surface area contributed by atoms with Crippen molar-refractivity contribution in [1.82, 2.24) is 10.2 Å². The van der Waals surface area contributed by atoms with E-state index in [-0.39, 0.29) is 5.41 Å². The first-order valence-electron chi connectivity index (χ1n) is 8.83. The summed E-state index contributed by atoms with van der Waals surface area (Å²) in [5.74, 6) is 1.59. The molecule has 0 bridgehead atoms. The molecule has 0 amide bonds. The zero-order chi connectivity index (χ0) is 16.8. The van der Waals surface area contributed by atoms with Crippen LogP contribution in [0.25, 0.3) is 0 Å². The molecule has 0 saturated carbocycles. The molecular weight excluding hydrogens is 302 g/mol. The van der Waals surface area contributed by atoms with Crippen LogP contribution in [0.15, 0.2) is 35.3 Å². The molecule has 1 aromatic rings. The minimum atomic E-state index is 0.258. The Morgan fingerprint density at radius 2 is 2.17 bits per heavy atom. The van der Waals surface area contributed by atoms with Gasteiger partial charge in [0, 0.05) is 38.0 Å². The molecule has 1 atom stereocenters. The molecule has 5 nitrogen and oxygen atoms in total. The molecule has 2 aliphatic rings. The van der Waals surface area contributed by atoms with E-state index in [0.29, 0.717) is 12.5 Å². The largest absolute Gasteiger partial charge is 0.380 e. The van der Waals surface area contributed by atoms with Gasteiger partial charge in [-0.1, -0.05) is 37.3 Å². The fraction of sp³-hybridized carbons (Fsp3) is 0.632. The number of hydrogen-bond donors (Lipinski definition) is 1. The predicted molar refractivity (Wildman–Crippen MR) is 96.1 cm³/mol. The number of likely N-dealkylation sites (tertiary alicyclic amines) is 1. The Kier molecular flexibility index (Phi) is 5.74. The molecule has 24 heavy (non-hydrogen) atoms. The monoisotopic (exact) mass is 331 g/mol. The highest BCUT2D eigenvalue weighted by atomic mass is 16.5. The fourth-order valence-electron chi connectivity index (χ4n) is 3.26. The average molecular weight is 331 g/mol. The Morgan fingerprint density at radius 1 is 1.38 bits per heavy atom. The maximum Gasteiger partial charge on any atom is 0.193 e. The van der Waals surface area contributed by atoms with Gasteiger partial charge in [-0.05, 0) is 12.0 Å². The second kappa shape index (κ2) is 7.99. The molecular formula is C19H29N3O2. The van der Waals surface area contributed by atoms with Gasteiger partial charge in [-0.2, -0.15) is 0 Å². The van der Waals surface area contributed by atoms with E-state index in [1.54, 1.807) is 0 Å². The topological polar surface area (TPSA) is 46.1 Å². The van der Waals surface area contributed by atoms with E-state index in [1.165, 1.54) is 5.56 Å². The van der Waals surface area contributed by atoms with E-state index in [1.807, 2.05) is 13.1 Å². The number of rotatable bonds is 6. The van der Waals surface area contributed by atoms with Crippen molar-refractivity contribution in [3.8, 4) is 0 Å². The first kappa shape index (κ1) is 17.2. The van der Waals surface area contributed by atoms with Crippen molar-refractivity contribution in [3.05, 3.63) is 35.9 Å². The molecule has 1 N–H and O–H groups in total. The van der Waals surface area contributed by atoms with Crippen LogP contribution < -0.4 is 5.32 Å². The normalized spacial score (nSPS) is 23.2. The second-order valence-corrected chi connectivity index (χ2v) is 7.31. The summed E-state index contributed by atoms with van der Waals surface area (Å²) in [5, 5.41) is 3.51. The number of guanidine groups is 1. The summed E-state index contributed by atoms with van der Waals surface area (Å²) in [6.07, 6.45) is 1.16. The number of hydrogen-bond acceptors (Lipinski definition) is 3. The first-order chi connectivity index (χ1) is 11.7. The Balaban J connectivity index is 1.39. The predicted octanol–water partition coefficient (Wildman–Crippen LogP) is 2.14. The molecule has 2 saturated heterocycles. The lowest BCUT2D eigenvalue weighted by Gasteiger charge is -2.39. The van der Waals surface area contributed by atoms with Gasteiger partial charge in [-0.25, -0.2) is 0 Å². The molecule has 0 radical (unpaired) electrons. The fourth-order valence-corrected chi connectivity index (χ4v) is 3.26. The summed E-state index contributed by atoms with van der Waals surface area (Å²) >= 11 is 0. The van der Waals surface area contributed by atoms with Gasteiger partial charge < -0.3 is 19.7 Å². The van der Waals surface area contributed by atoms with Gasteiger partial charge in [0.25, 0.3) is 0 Å². The van der Waals surface area contributed by atoms with Gasteiger partial charge in [0.1, 0.15) is 0 Å². The SMILES string of the molecule is CN=C(NCC1(C)COC1)N1CCC(COCc2ccccc2)C1. The van der Waals surface area contributed by atoms with E-state index in [2.05, 4.69) is 46.4 Å². The van der Waals surface area contributed by atoms with Crippen molar-refractivity contribution in [2.24, 2.45) is 16.3 Å². The minimum absolute atomic E-state index is 0.258. The van der Waals surface area contributed by atoms with Crippen molar-refractivity contribution in [3.63, 3.8) is 0 Å². The summed E-state index contributed by atoms with van der Waals surface area (Å²) in [4.78, 5) is 6.79. The highest BCUT2D eigenvalue weighted by Crippen LogP contribution is 2.25. The van der Waals surface area contributed by atoms with Crippen LogP contribution in [-0.2, 0) is 16.1 Å². The molecule has 0 spiro atoms. The molecule has 132 valence electrons. The third kappa shape index (κ3) is 4.48. The van der Waals surface area contributed by atoms with Crippen molar-refractivity contribution in [2.45, 2.75) is 20.0 Å². The molecule has 1 unspecified atom stereocenters. The molecule has 2 fully saturated rings. The van der Waals surface area contributed by atoms with Gasteiger partial charge in [0.05, 0.1) is 26.4 Å². The van der Waals surface area contributed by atoms with Gasteiger partial charge in [0.2, 0.25) is 0 Å². The molecule has 0 aromatic heterocycles. The third-order valence-electron chi connectivity index (χ3n) is 4.84. The molecule has 3 rings (SSSR count). The van der Waals surface area contributed by atoms with E-state index in [9.17, 15) is 0 Å². The summed E-state index contributed by atoms with van der Waals surface area (Å²) in [5.41, 5.74) is 1.49. The minimum Gasteiger partial charge on any atom is -0.380 e. The number of nitrogens with zero attached hydrogens (tertiary/aromatic N) is 2. The second-order valence-electron chi connectivity index (χ2n) is 7.31. The number of aliphatic imine (C=N–C) groups is 1. The third-order valence-corrected chi connectivity index (χ3v) is 4.84. The zero-order valence-electron chi connectivity index (χ0n) is 14.8. The van der Waals surface area contributed by atoms with E-state index >= 15 is 0 Å².